The fourth-order valence-corrected chi connectivity index (χ4v) is 3.04. The molecule has 0 radical (unpaired) electrons. The van der Waals surface area contributed by atoms with Gasteiger partial charge in [-0.1, -0.05) is 6.42 Å². The van der Waals surface area contributed by atoms with Gasteiger partial charge in [0.2, 0.25) is 5.91 Å². The van der Waals surface area contributed by atoms with Crippen LogP contribution in [-0.4, -0.2) is 21.3 Å². The predicted octanol–water partition coefficient (Wildman–Crippen LogP) is 2.62. The van der Waals surface area contributed by atoms with Crippen molar-refractivity contribution in [3.05, 3.63) is 35.8 Å². The summed E-state index contributed by atoms with van der Waals surface area (Å²) in [6.45, 7) is 2.52. The highest BCUT2D eigenvalue weighted by molar-refractivity contribution is 5.85. The molecule has 0 unspecified atom stereocenters. The summed E-state index contributed by atoms with van der Waals surface area (Å²) in [7, 11) is 0. The maximum atomic E-state index is 12.0. The van der Waals surface area contributed by atoms with Crippen LogP contribution in [0.5, 0.6) is 0 Å². The number of nitrogens with zero attached hydrogens (tertiary/aromatic N) is 2. The van der Waals surface area contributed by atoms with Crippen LogP contribution in [0.1, 0.15) is 36.9 Å². The lowest BCUT2D eigenvalue weighted by Gasteiger charge is -2.14. The Hall–Kier alpha value is -1.30. The van der Waals surface area contributed by atoms with E-state index in [0.29, 0.717) is 18.9 Å². The predicted molar refractivity (Wildman–Crippen MR) is 96.2 cm³/mol. The summed E-state index contributed by atoms with van der Waals surface area (Å²) in [6.07, 6.45) is 7.74. The standard InChI is InChI=1S/C16H22N4O.2ClH/c1-11-5-6-20-10-13(19-15(20)7-11)9-18-16(21)8-12-3-2-4-14(12)17;;/h5-7,10,12,14H,2-4,8-9,17H2,1H3,(H,18,21);2*1H/t12-,14+;;/m0../s1. The zero-order valence-corrected chi connectivity index (χ0v) is 14.8. The Kier molecular flexibility index (Phi) is 7.32. The molecule has 23 heavy (non-hydrogen) atoms. The summed E-state index contributed by atoms with van der Waals surface area (Å²) in [5.74, 6) is 0.416. The van der Waals surface area contributed by atoms with Gasteiger partial charge in [0.1, 0.15) is 5.65 Å². The smallest absolute Gasteiger partial charge is 0.220 e. The molecule has 0 aromatic carbocycles. The maximum absolute atomic E-state index is 12.0. The van der Waals surface area contributed by atoms with E-state index in [2.05, 4.69) is 10.3 Å². The van der Waals surface area contributed by atoms with Gasteiger partial charge in [0.15, 0.2) is 0 Å². The minimum Gasteiger partial charge on any atom is -0.350 e. The summed E-state index contributed by atoms with van der Waals surface area (Å²) >= 11 is 0. The quantitative estimate of drug-likeness (QED) is 0.882. The van der Waals surface area contributed by atoms with Crippen molar-refractivity contribution in [2.24, 2.45) is 11.7 Å². The highest BCUT2D eigenvalue weighted by Gasteiger charge is 2.25. The average Bonchev–Trinajstić information content (AvgIpc) is 3.02. The number of fused-ring (bicyclic) bond motifs is 1. The number of carbonyl (C=O) groups is 1. The van der Waals surface area contributed by atoms with Crippen LogP contribution in [0.4, 0.5) is 0 Å². The molecule has 3 N–H and O–H groups in total. The molecule has 5 nitrogen and oxygen atoms in total. The van der Waals surface area contributed by atoms with Gasteiger partial charge in [0, 0.05) is 24.9 Å². The number of halogens is 2. The third kappa shape index (κ3) is 4.83. The molecule has 1 aliphatic rings. The minimum absolute atomic E-state index is 0. The summed E-state index contributed by atoms with van der Waals surface area (Å²) in [4.78, 5) is 16.5. The largest absolute Gasteiger partial charge is 0.350 e. The minimum atomic E-state index is 0. The van der Waals surface area contributed by atoms with Gasteiger partial charge >= 0.3 is 0 Å². The van der Waals surface area contributed by atoms with Gasteiger partial charge < -0.3 is 15.5 Å². The molecule has 2 aromatic heterocycles. The normalized spacial score (nSPS) is 19.9. The molecule has 1 saturated carbocycles. The van der Waals surface area contributed by atoms with Gasteiger partial charge in [0.05, 0.1) is 12.2 Å². The monoisotopic (exact) mass is 358 g/mol. The second-order valence-corrected chi connectivity index (χ2v) is 6.04. The number of hydrogen-bond donors (Lipinski definition) is 2. The molecule has 2 atom stereocenters. The van der Waals surface area contributed by atoms with E-state index >= 15 is 0 Å². The lowest BCUT2D eigenvalue weighted by atomic mass is 10.00. The molecule has 3 rings (SSSR count). The van der Waals surface area contributed by atoms with Crippen LogP contribution in [0.25, 0.3) is 5.65 Å². The summed E-state index contributed by atoms with van der Waals surface area (Å²) in [5.41, 5.74) is 8.98. The van der Waals surface area contributed by atoms with Crippen molar-refractivity contribution >= 4 is 36.4 Å². The first-order valence-corrected chi connectivity index (χ1v) is 7.58. The van der Waals surface area contributed by atoms with Crippen molar-refractivity contribution in [2.45, 2.75) is 45.2 Å². The fraction of sp³-hybridized carbons (Fsp3) is 0.500. The number of aromatic nitrogens is 2. The number of imidazole rings is 1. The molecule has 0 bridgehead atoms. The molecule has 2 aromatic rings. The lowest BCUT2D eigenvalue weighted by molar-refractivity contribution is -0.122. The Labute approximate surface area is 148 Å². The van der Waals surface area contributed by atoms with Crippen LogP contribution in [0.15, 0.2) is 24.5 Å². The molecule has 0 spiro atoms. The molecule has 0 aliphatic heterocycles. The SMILES string of the molecule is Cc1ccn2cc(CNC(=O)C[C@@H]3CCC[C@H]3N)nc2c1.Cl.Cl. The Balaban J connectivity index is 0.00000132. The summed E-state index contributed by atoms with van der Waals surface area (Å²) in [6, 6.07) is 4.26. The zero-order chi connectivity index (χ0) is 14.8. The number of nitrogens with one attached hydrogen (secondary N) is 1. The fourth-order valence-electron chi connectivity index (χ4n) is 3.04. The number of pyridine rings is 1. The van der Waals surface area contributed by atoms with Crippen molar-refractivity contribution in [1.29, 1.82) is 0 Å². The van der Waals surface area contributed by atoms with Crippen molar-refractivity contribution in [2.75, 3.05) is 0 Å². The number of aryl methyl sites for hydroxylation is 1. The van der Waals surface area contributed by atoms with E-state index in [1.807, 2.05) is 35.9 Å². The van der Waals surface area contributed by atoms with Crippen molar-refractivity contribution in [3.8, 4) is 0 Å². The molecule has 0 saturated heterocycles. The first-order chi connectivity index (χ1) is 10.1. The van der Waals surface area contributed by atoms with Gasteiger partial charge in [-0.05, 0) is 43.4 Å². The molecule has 1 fully saturated rings. The van der Waals surface area contributed by atoms with Gasteiger partial charge in [-0.3, -0.25) is 4.79 Å². The molecule has 2 heterocycles. The summed E-state index contributed by atoms with van der Waals surface area (Å²) < 4.78 is 1.97. The van der Waals surface area contributed by atoms with E-state index in [0.717, 1.165) is 30.6 Å². The topological polar surface area (TPSA) is 72.4 Å². The van der Waals surface area contributed by atoms with E-state index < -0.39 is 0 Å². The Bertz CT molecular complexity index is 659. The third-order valence-corrected chi connectivity index (χ3v) is 4.30. The number of rotatable bonds is 4. The Morgan fingerprint density at radius 2 is 2.22 bits per heavy atom. The van der Waals surface area contributed by atoms with E-state index in [1.54, 1.807) is 0 Å². The molecular formula is C16H24Cl2N4O. The Morgan fingerprint density at radius 1 is 1.43 bits per heavy atom. The third-order valence-electron chi connectivity index (χ3n) is 4.30. The maximum Gasteiger partial charge on any atom is 0.220 e. The molecular weight excluding hydrogens is 335 g/mol. The molecule has 7 heteroatoms. The highest BCUT2D eigenvalue weighted by atomic mass is 35.5. The number of hydrogen-bond acceptors (Lipinski definition) is 3. The van der Waals surface area contributed by atoms with Gasteiger partial charge in [0.25, 0.3) is 0 Å². The number of carbonyl (C=O) groups excluding carboxylic acids is 1. The van der Waals surface area contributed by atoms with Crippen LogP contribution >= 0.6 is 24.8 Å². The highest BCUT2D eigenvalue weighted by Crippen LogP contribution is 2.26. The van der Waals surface area contributed by atoms with E-state index in [-0.39, 0.29) is 36.8 Å². The summed E-state index contributed by atoms with van der Waals surface area (Å²) in [5, 5.41) is 2.95. The second-order valence-electron chi connectivity index (χ2n) is 6.04. The second kappa shape index (κ2) is 8.52. The Morgan fingerprint density at radius 3 is 2.91 bits per heavy atom. The van der Waals surface area contributed by atoms with E-state index in [9.17, 15) is 4.79 Å². The van der Waals surface area contributed by atoms with E-state index in [4.69, 9.17) is 5.73 Å². The first kappa shape index (κ1) is 19.7. The molecule has 1 amide bonds. The van der Waals surface area contributed by atoms with Crippen LogP contribution in [-0.2, 0) is 11.3 Å². The lowest BCUT2D eigenvalue weighted by Crippen LogP contribution is -2.31. The van der Waals surface area contributed by atoms with E-state index in [1.165, 1.54) is 5.56 Å². The van der Waals surface area contributed by atoms with Crippen molar-refractivity contribution in [3.63, 3.8) is 0 Å². The molecule has 1 aliphatic carbocycles. The van der Waals surface area contributed by atoms with Gasteiger partial charge in [-0.25, -0.2) is 4.98 Å². The van der Waals surface area contributed by atoms with Gasteiger partial charge in [-0.15, -0.1) is 24.8 Å². The number of amides is 1. The van der Waals surface area contributed by atoms with Gasteiger partial charge in [-0.2, -0.15) is 0 Å². The van der Waals surface area contributed by atoms with Crippen LogP contribution in [0, 0.1) is 12.8 Å². The zero-order valence-electron chi connectivity index (χ0n) is 13.2. The van der Waals surface area contributed by atoms with Crippen LogP contribution < -0.4 is 11.1 Å². The van der Waals surface area contributed by atoms with Crippen molar-refractivity contribution in [1.82, 2.24) is 14.7 Å². The van der Waals surface area contributed by atoms with Crippen LogP contribution in [0.3, 0.4) is 0 Å². The van der Waals surface area contributed by atoms with Crippen molar-refractivity contribution < 1.29 is 4.79 Å². The van der Waals surface area contributed by atoms with Crippen LogP contribution in [0.2, 0.25) is 0 Å². The average molecular weight is 359 g/mol. The molecule has 128 valence electrons. The first-order valence-electron chi connectivity index (χ1n) is 7.58. The number of nitrogens with two attached hydrogens (primary N) is 1.